The Labute approximate surface area is 137 Å². The van der Waals surface area contributed by atoms with E-state index < -0.39 is 0 Å². The van der Waals surface area contributed by atoms with Crippen molar-refractivity contribution in [3.05, 3.63) is 12.7 Å². The highest BCUT2D eigenvalue weighted by Crippen LogP contribution is 2.18. The molecule has 0 radical (unpaired) electrons. The Hall–Kier alpha value is -0.830. The van der Waals surface area contributed by atoms with Gasteiger partial charge in [0.05, 0.1) is 6.10 Å². The summed E-state index contributed by atoms with van der Waals surface area (Å²) in [7, 11) is 1.99. The van der Waals surface area contributed by atoms with Gasteiger partial charge in [-0.05, 0) is 39.3 Å². The number of ether oxygens (including phenoxy) is 1. The molecule has 130 valence electrons. The Balaban J connectivity index is 3.75. The largest absolute Gasteiger partial charge is 0.460 e. The number of hydrogen-bond donors (Lipinski definition) is 1. The third-order valence-electron chi connectivity index (χ3n) is 4.11. The minimum Gasteiger partial charge on any atom is -0.460 e. The molecule has 0 saturated heterocycles. The molecule has 0 bridgehead atoms. The summed E-state index contributed by atoms with van der Waals surface area (Å²) in [4.78, 5) is 11.2. The third kappa shape index (κ3) is 12.9. The SMILES string of the molecule is C=CC(=O)OC(C)CC(CCCCCCCCCC)CNC. The molecule has 0 rings (SSSR count). The van der Waals surface area contributed by atoms with E-state index >= 15 is 0 Å². The van der Waals surface area contributed by atoms with Gasteiger partial charge in [-0.25, -0.2) is 4.79 Å². The van der Waals surface area contributed by atoms with Gasteiger partial charge >= 0.3 is 5.97 Å². The summed E-state index contributed by atoms with van der Waals surface area (Å²) in [6.07, 6.45) is 14.2. The van der Waals surface area contributed by atoms with E-state index in [0.29, 0.717) is 5.92 Å². The van der Waals surface area contributed by atoms with Crippen LogP contribution < -0.4 is 5.32 Å². The van der Waals surface area contributed by atoms with Gasteiger partial charge in [-0.2, -0.15) is 0 Å². The van der Waals surface area contributed by atoms with Crippen LogP contribution in [0.25, 0.3) is 0 Å². The van der Waals surface area contributed by atoms with E-state index in [2.05, 4.69) is 18.8 Å². The lowest BCUT2D eigenvalue weighted by Gasteiger charge is -2.20. The quantitative estimate of drug-likeness (QED) is 0.267. The van der Waals surface area contributed by atoms with E-state index in [4.69, 9.17) is 4.74 Å². The monoisotopic (exact) mass is 311 g/mol. The summed E-state index contributed by atoms with van der Waals surface area (Å²) < 4.78 is 5.27. The lowest BCUT2D eigenvalue weighted by molar-refractivity contribution is -0.142. The van der Waals surface area contributed by atoms with Crippen LogP contribution in [0.4, 0.5) is 0 Å². The molecule has 0 aliphatic carbocycles. The van der Waals surface area contributed by atoms with Crippen LogP contribution in [-0.2, 0) is 9.53 Å². The van der Waals surface area contributed by atoms with Gasteiger partial charge in [0.2, 0.25) is 0 Å². The maximum absolute atomic E-state index is 11.2. The number of carbonyl (C=O) groups is 1. The first-order valence-corrected chi connectivity index (χ1v) is 9.11. The van der Waals surface area contributed by atoms with Crippen molar-refractivity contribution in [2.75, 3.05) is 13.6 Å². The van der Waals surface area contributed by atoms with Gasteiger partial charge in [-0.3, -0.25) is 0 Å². The minimum atomic E-state index is -0.317. The minimum absolute atomic E-state index is 0.0297. The summed E-state index contributed by atoms with van der Waals surface area (Å²) in [6.45, 7) is 8.66. The van der Waals surface area contributed by atoms with Crippen LogP contribution in [0, 0.1) is 5.92 Å². The third-order valence-corrected chi connectivity index (χ3v) is 4.11. The zero-order valence-corrected chi connectivity index (χ0v) is 15.0. The molecule has 0 aromatic carbocycles. The fourth-order valence-corrected chi connectivity index (χ4v) is 2.92. The van der Waals surface area contributed by atoms with E-state index in [1.165, 1.54) is 63.9 Å². The van der Waals surface area contributed by atoms with Crippen LogP contribution in [0.2, 0.25) is 0 Å². The maximum Gasteiger partial charge on any atom is 0.330 e. The first-order chi connectivity index (χ1) is 10.6. The van der Waals surface area contributed by atoms with Crippen molar-refractivity contribution < 1.29 is 9.53 Å². The molecule has 0 aliphatic heterocycles. The van der Waals surface area contributed by atoms with Crippen LogP contribution >= 0.6 is 0 Å². The van der Waals surface area contributed by atoms with Crippen molar-refractivity contribution in [3.8, 4) is 0 Å². The van der Waals surface area contributed by atoms with Crippen LogP contribution in [0.15, 0.2) is 12.7 Å². The van der Waals surface area contributed by atoms with Gasteiger partial charge in [-0.15, -0.1) is 0 Å². The van der Waals surface area contributed by atoms with Crippen molar-refractivity contribution in [3.63, 3.8) is 0 Å². The molecule has 3 heteroatoms. The zero-order valence-electron chi connectivity index (χ0n) is 15.0. The fraction of sp³-hybridized carbons (Fsp3) is 0.842. The average Bonchev–Trinajstić information content (AvgIpc) is 2.49. The second-order valence-corrected chi connectivity index (χ2v) is 6.37. The van der Waals surface area contributed by atoms with Gasteiger partial charge < -0.3 is 10.1 Å². The number of nitrogens with one attached hydrogen (secondary N) is 1. The van der Waals surface area contributed by atoms with Crippen molar-refractivity contribution >= 4 is 5.97 Å². The number of rotatable bonds is 15. The molecule has 0 aliphatic rings. The molecule has 2 unspecified atom stereocenters. The molecule has 0 fully saturated rings. The van der Waals surface area contributed by atoms with Crippen molar-refractivity contribution in [2.45, 2.75) is 84.2 Å². The number of unbranched alkanes of at least 4 members (excludes halogenated alkanes) is 7. The first-order valence-electron chi connectivity index (χ1n) is 9.11. The van der Waals surface area contributed by atoms with Gasteiger partial charge in [-0.1, -0.05) is 64.9 Å². The molecule has 0 spiro atoms. The number of hydrogen-bond acceptors (Lipinski definition) is 3. The molecule has 0 saturated carbocycles. The average molecular weight is 312 g/mol. The van der Waals surface area contributed by atoms with Crippen molar-refractivity contribution in [2.24, 2.45) is 5.92 Å². The molecule has 0 aromatic heterocycles. The zero-order chi connectivity index (χ0) is 16.6. The molecule has 22 heavy (non-hydrogen) atoms. The molecule has 1 N–H and O–H groups in total. The van der Waals surface area contributed by atoms with E-state index in [-0.39, 0.29) is 12.1 Å². The van der Waals surface area contributed by atoms with E-state index in [9.17, 15) is 4.79 Å². The molecule has 2 atom stereocenters. The molecule has 0 heterocycles. The summed E-state index contributed by atoms with van der Waals surface area (Å²) in [6, 6.07) is 0. The Morgan fingerprint density at radius 1 is 1.14 bits per heavy atom. The second-order valence-electron chi connectivity index (χ2n) is 6.37. The molecular formula is C19H37NO2. The summed E-state index contributed by atoms with van der Waals surface area (Å²) >= 11 is 0. The van der Waals surface area contributed by atoms with Crippen LogP contribution in [-0.4, -0.2) is 25.7 Å². The van der Waals surface area contributed by atoms with Crippen molar-refractivity contribution in [1.29, 1.82) is 0 Å². The first kappa shape index (κ1) is 21.2. The lowest BCUT2D eigenvalue weighted by Crippen LogP contribution is -2.24. The van der Waals surface area contributed by atoms with Gasteiger partial charge in [0.15, 0.2) is 0 Å². The number of esters is 1. The topological polar surface area (TPSA) is 38.3 Å². The Kier molecular flexibility index (Phi) is 14.5. The Morgan fingerprint density at radius 2 is 1.73 bits per heavy atom. The van der Waals surface area contributed by atoms with E-state index in [1.807, 2.05) is 14.0 Å². The molecule has 0 amide bonds. The van der Waals surface area contributed by atoms with Crippen LogP contribution in [0.3, 0.4) is 0 Å². The van der Waals surface area contributed by atoms with E-state index in [0.717, 1.165) is 13.0 Å². The number of carbonyl (C=O) groups excluding carboxylic acids is 1. The van der Waals surface area contributed by atoms with Crippen molar-refractivity contribution in [1.82, 2.24) is 5.32 Å². The fourth-order valence-electron chi connectivity index (χ4n) is 2.92. The molecule has 0 aromatic rings. The van der Waals surface area contributed by atoms with Gasteiger partial charge in [0, 0.05) is 6.08 Å². The van der Waals surface area contributed by atoms with Crippen LogP contribution in [0.1, 0.15) is 78.1 Å². The summed E-state index contributed by atoms with van der Waals surface area (Å²) in [5.74, 6) is 0.264. The van der Waals surface area contributed by atoms with E-state index in [1.54, 1.807) is 0 Å². The Morgan fingerprint density at radius 3 is 2.27 bits per heavy atom. The predicted molar refractivity (Wildman–Crippen MR) is 95.0 cm³/mol. The molecule has 3 nitrogen and oxygen atoms in total. The predicted octanol–water partition coefficient (Wildman–Crippen LogP) is 4.86. The van der Waals surface area contributed by atoms with Gasteiger partial charge in [0.25, 0.3) is 0 Å². The Bertz CT molecular complexity index is 279. The highest BCUT2D eigenvalue weighted by atomic mass is 16.5. The highest BCUT2D eigenvalue weighted by molar-refractivity contribution is 5.81. The second kappa shape index (κ2) is 15.1. The molecular weight excluding hydrogens is 274 g/mol. The van der Waals surface area contributed by atoms with Gasteiger partial charge in [0.1, 0.15) is 0 Å². The van der Waals surface area contributed by atoms with Crippen LogP contribution in [0.5, 0.6) is 0 Å². The normalized spacial score (nSPS) is 13.6. The summed E-state index contributed by atoms with van der Waals surface area (Å²) in [5.41, 5.74) is 0. The smallest absolute Gasteiger partial charge is 0.330 e. The maximum atomic E-state index is 11.2. The highest BCUT2D eigenvalue weighted by Gasteiger charge is 2.14. The summed E-state index contributed by atoms with van der Waals surface area (Å²) in [5, 5.41) is 3.26. The lowest BCUT2D eigenvalue weighted by atomic mass is 9.94. The standard InChI is InChI=1S/C19H37NO2/c1-5-7-8-9-10-11-12-13-14-18(16-20-4)15-17(3)22-19(21)6-2/h6,17-18,20H,2,5,7-16H2,1,3-4H3.